The number of aryl methyl sites for hydroxylation is 2. The Hall–Kier alpha value is -4.43. The molecule has 0 aliphatic carbocycles. The minimum Gasteiger partial charge on any atom is -0.324 e. The molecule has 2 N–H and O–H groups in total. The van der Waals surface area contributed by atoms with Crippen LogP contribution in [0.1, 0.15) is 39.2 Å². The van der Waals surface area contributed by atoms with Crippen molar-refractivity contribution in [3.05, 3.63) is 129 Å². The summed E-state index contributed by atoms with van der Waals surface area (Å²) in [6.45, 7) is 4.04. The molecular formula is C30H27N3O4S. The highest BCUT2D eigenvalue weighted by Gasteiger charge is 2.23. The SMILES string of the molecule is CCc1cccc(C)c1NC(=O)C(Sc1cccc(NC(=O)c2ccc([N+](=O)[O-])cc2)c1)c1ccccc1. The van der Waals surface area contributed by atoms with Gasteiger partial charge in [0.15, 0.2) is 0 Å². The molecule has 0 radical (unpaired) electrons. The molecule has 8 heteroatoms. The maximum absolute atomic E-state index is 13.6. The van der Waals surface area contributed by atoms with Gasteiger partial charge in [0.05, 0.1) is 4.92 Å². The number of hydrogen-bond acceptors (Lipinski definition) is 5. The van der Waals surface area contributed by atoms with Crippen molar-refractivity contribution in [2.75, 3.05) is 10.6 Å². The lowest BCUT2D eigenvalue weighted by Crippen LogP contribution is -2.20. The smallest absolute Gasteiger partial charge is 0.269 e. The molecule has 38 heavy (non-hydrogen) atoms. The molecule has 0 heterocycles. The Bertz CT molecular complexity index is 1460. The molecular weight excluding hydrogens is 498 g/mol. The number of para-hydroxylation sites is 1. The monoisotopic (exact) mass is 525 g/mol. The number of amides is 2. The molecule has 4 aromatic rings. The first-order valence-electron chi connectivity index (χ1n) is 12.1. The van der Waals surface area contributed by atoms with Crippen molar-refractivity contribution in [2.24, 2.45) is 0 Å². The largest absolute Gasteiger partial charge is 0.324 e. The van der Waals surface area contributed by atoms with Crippen molar-refractivity contribution in [1.82, 2.24) is 0 Å². The van der Waals surface area contributed by atoms with E-state index in [1.165, 1.54) is 36.0 Å². The molecule has 2 amide bonds. The van der Waals surface area contributed by atoms with Crippen molar-refractivity contribution in [2.45, 2.75) is 30.4 Å². The fraction of sp³-hybridized carbons (Fsp3) is 0.133. The van der Waals surface area contributed by atoms with Crippen molar-refractivity contribution in [3.63, 3.8) is 0 Å². The summed E-state index contributed by atoms with van der Waals surface area (Å²) < 4.78 is 0. The van der Waals surface area contributed by atoms with Crippen LogP contribution in [0.3, 0.4) is 0 Å². The number of nitro groups is 1. The first kappa shape index (κ1) is 26.6. The van der Waals surface area contributed by atoms with Gasteiger partial charge in [-0.25, -0.2) is 0 Å². The third kappa shape index (κ3) is 6.46. The number of non-ortho nitro benzene ring substituents is 1. The lowest BCUT2D eigenvalue weighted by atomic mass is 10.1. The van der Waals surface area contributed by atoms with E-state index in [2.05, 4.69) is 17.6 Å². The Kier molecular flexibility index (Phi) is 8.55. The van der Waals surface area contributed by atoms with Crippen molar-refractivity contribution >= 4 is 40.6 Å². The predicted molar refractivity (Wildman–Crippen MR) is 152 cm³/mol. The van der Waals surface area contributed by atoms with Crippen LogP contribution in [0, 0.1) is 17.0 Å². The molecule has 0 spiro atoms. The molecule has 0 saturated heterocycles. The third-order valence-corrected chi connectivity index (χ3v) is 7.26. The van der Waals surface area contributed by atoms with Gasteiger partial charge in [0.2, 0.25) is 5.91 Å². The van der Waals surface area contributed by atoms with Crippen LogP contribution in [0.15, 0.2) is 102 Å². The summed E-state index contributed by atoms with van der Waals surface area (Å²) in [7, 11) is 0. The highest BCUT2D eigenvalue weighted by Crippen LogP contribution is 2.38. The zero-order valence-electron chi connectivity index (χ0n) is 21.0. The molecule has 0 aromatic heterocycles. The molecule has 4 rings (SSSR count). The maximum Gasteiger partial charge on any atom is 0.269 e. The number of rotatable bonds is 9. The average molecular weight is 526 g/mol. The van der Waals surface area contributed by atoms with Gasteiger partial charge in [0.25, 0.3) is 11.6 Å². The van der Waals surface area contributed by atoms with E-state index in [-0.39, 0.29) is 17.5 Å². The summed E-state index contributed by atoms with van der Waals surface area (Å²) in [6.07, 6.45) is 0.803. The molecule has 1 unspecified atom stereocenters. The second-order valence-electron chi connectivity index (χ2n) is 8.65. The van der Waals surface area contributed by atoms with Crippen LogP contribution in [0.4, 0.5) is 17.1 Å². The standard InChI is InChI=1S/C30H27N3O4S/c1-3-21-12-7-9-20(2)27(21)32-30(35)28(22-10-5-4-6-11-22)38-26-14-8-13-24(19-26)31-29(34)23-15-17-25(18-16-23)33(36)37/h4-19,28H,3H2,1-2H3,(H,31,34)(H,32,35). The zero-order chi connectivity index (χ0) is 27.1. The van der Waals surface area contributed by atoms with E-state index in [0.29, 0.717) is 11.3 Å². The number of carbonyl (C=O) groups is 2. The molecule has 7 nitrogen and oxygen atoms in total. The number of anilines is 2. The number of carbonyl (C=O) groups excluding carboxylic acids is 2. The van der Waals surface area contributed by atoms with Crippen LogP contribution in [-0.2, 0) is 11.2 Å². The number of nitrogens with one attached hydrogen (secondary N) is 2. The van der Waals surface area contributed by atoms with Crippen molar-refractivity contribution in [1.29, 1.82) is 0 Å². The average Bonchev–Trinajstić information content (AvgIpc) is 2.93. The topological polar surface area (TPSA) is 101 Å². The van der Waals surface area contributed by atoms with E-state index >= 15 is 0 Å². The Balaban J connectivity index is 1.55. The van der Waals surface area contributed by atoms with Gasteiger partial charge in [-0.1, -0.05) is 61.5 Å². The summed E-state index contributed by atoms with van der Waals surface area (Å²) in [5.41, 5.74) is 4.56. The summed E-state index contributed by atoms with van der Waals surface area (Å²) >= 11 is 1.39. The van der Waals surface area contributed by atoms with E-state index in [4.69, 9.17) is 0 Å². The van der Waals surface area contributed by atoms with Gasteiger partial charge in [-0.05, 0) is 60.4 Å². The van der Waals surface area contributed by atoms with Gasteiger partial charge in [-0.3, -0.25) is 19.7 Å². The number of nitro benzene ring substituents is 1. The predicted octanol–water partition coefficient (Wildman–Crippen LogP) is 7.19. The summed E-state index contributed by atoms with van der Waals surface area (Å²) in [5.74, 6) is -0.517. The van der Waals surface area contributed by atoms with E-state index in [9.17, 15) is 19.7 Å². The molecule has 0 fully saturated rings. The normalized spacial score (nSPS) is 11.4. The first-order chi connectivity index (χ1) is 18.4. The second kappa shape index (κ2) is 12.2. The number of benzene rings is 4. The van der Waals surface area contributed by atoms with Crippen LogP contribution in [0.5, 0.6) is 0 Å². The Morgan fingerprint density at radius 1 is 0.895 bits per heavy atom. The van der Waals surface area contributed by atoms with E-state index in [1.807, 2.05) is 73.7 Å². The van der Waals surface area contributed by atoms with Crippen LogP contribution in [0.25, 0.3) is 0 Å². The highest BCUT2D eigenvalue weighted by atomic mass is 32.2. The van der Waals surface area contributed by atoms with Crippen LogP contribution in [0.2, 0.25) is 0 Å². The summed E-state index contributed by atoms with van der Waals surface area (Å²) in [4.78, 5) is 37.5. The van der Waals surface area contributed by atoms with Crippen LogP contribution in [-0.4, -0.2) is 16.7 Å². The second-order valence-corrected chi connectivity index (χ2v) is 9.82. The fourth-order valence-electron chi connectivity index (χ4n) is 4.01. The van der Waals surface area contributed by atoms with E-state index < -0.39 is 10.2 Å². The first-order valence-corrected chi connectivity index (χ1v) is 13.0. The van der Waals surface area contributed by atoms with Crippen LogP contribution >= 0.6 is 11.8 Å². The number of thioether (sulfide) groups is 1. The molecule has 0 bridgehead atoms. The Labute approximate surface area is 225 Å². The zero-order valence-corrected chi connectivity index (χ0v) is 21.8. The number of nitrogens with zero attached hydrogens (tertiary/aromatic N) is 1. The minimum atomic E-state index is -0.527. The fourth-order valence-corrected chi connectivity index (χ4v) is 5.10. The van der Waals surface area contributed by atoms with Gasteiger partial charge in [-0.2, -0.15) is 0 Å². The summed E-state index contributed by atoms with van der Waals surface area (Å²) in [5, 5.41) is 16.3. The quantitative estimate of drug-likeness (QED) is 0.137. The molecule has 4 aromatic carbocycles. The lowest BCUT2D eigenvalue weighted by Gasteiger charge is -2.20. The molecule has 0 aliphatic rings. The van der Waals surface area contributed by atoms with Crippen molar-refractivity contribution in [3.8, 4) is 0 Å². The molecule has 192 valence electrons. The lowest BCUT2D eigenvalue weighted by molar-refractivity contribution is -0.384. The minimum absolute atomic E-state index is 0.0815. The van der Waals surface area contributed by atoms with Gasteiger partial charge in [-0.15, -0.1) is 11.8 Å². The van der Waals surface area contributed by atoms with Crippen LogP contribution < -0.4 is 10.6 Å². The van der Waals surface area contributed by atoms with Gasteiger partial charge < -0.3 is 10.6 Å². The van der Waals surface area contributed by atoms with E-state index in [0.717, 1.165) is 33.7 Å². The highest BCUT2D eigenvalue weighted by molar-refractivity contribution is 8.00. The summed E-state index contributed by atoms with van der Waals surface area (Å²) in [6, 6.07) is 28.2. The van der Waals surface area contributed by atoms with Gasteiger partial charge >= 0.3 is 0 Å². The van der Waals surface area contributed by atoms with Crippen molar-refractivity contribution < 1.29 is 14.5 Å². The Morgan fingerprint density at radius 3 is 2.29 bits per heavy atom. The maximum atomic E-state index is 13.6. The molecule has 0 aliphatic heterocycles. The molecule has 1 atom stereocenters. The van der Waals surface area contributed by atoms with E-state index in [1.54, 1.807) is 6.07 Å². The van der Waals surface area contributed by atoms with Gasteiger partial charge in [0, 0.05) is 34.0 Å². The van der Waals surface area contributed by atoms with Gasteiger partial charge in [0.1, 0.15) is 5.25 Å². The third-order valence-electron chi connectivity index (χ3n) is 6.01. The Morgan fingerprint density at radius 2 is 1.61 bits per heavy atom. The molecule has 0 saturated carbocycles. The number of hydrogen-bond donors (Lipinski definition) is 2.